The van der Waals surface area contributed by atoms with E-state index in [9.17, 15) is 5.11 Å². The predicted octanol–water partition coefficient (Wildman–Crippen LogP) is 3.25. The fourth-order valence-electron chi connectivity index (χ4n) is 3.37. The van der Waals surface area contributed by atoms with Crippen molar-refractivity contribution in [2.75, 3.05) is 7.11 Å². The lowest BCUT2D eigenvalue weighted by molar-refractivity contribution is -0.125. The second-order valence-electron chi connectivity index (χ2n) is 7.07. The molecule has 1 saturated heterocycles. The highest BCUT2D eigenvalue weighted by Gasteiger charge is 2.56. The molecule has 1 aromatic carbocycles. The molecule has 112 valence electrons. The molecular formula is C17H26O3. The number of methoxy groups -OCH3 is 1. The van der Waals surface area contributed by atoms with Crippen LogP contribution < -0.4 is 4.74 Å². The first-order valence-corrected chi connectivity index (χ1v) is 7.15. The highest BCUT2D eigenvalue weighted by atomic mass is 16.5. The average molecular weight is 278 g/mol. The van der Waals surface area contributed by atoms with Crippen molar-refractivity contribution in [1.29, 1.82) is 0 Å². The van der Waals surface area contributed by atoms with E-state index in [1.807, 2.05) is 46.8 Å². The van der Waals surface area contributed by atoms with Crippen molar-refractivity contribution in [1.82, 2.24) is 0 Å². The lowest BCUT2D eigenvalue weighted by atomic mass is 9.78. The molecule has 1 fully saturated rings. The number of hydrogen-bond acceptors (Lipinski definition) is 3. The summed E-state index contributed by atoms with van der Waals surface area (Å²) in [6.07, 6.45) is 1.15. The zero-order valence-corrected chi connectivity index (χ0v) is 13.4. The summed E-state index contributed by atoms with van der Waals surface area (Å²) in [4.78, 5) is 0. The van der Waals surface area contributed by atoms with Crippen LogP contribution in [0.25, 0.3) is 0 Å². The van der Waals surface area contributed by atoms with Gasteiger partial charge >= 0.3 is 0 Å². The summed E-state index contributed by atoms with van der Waals surface area (Å²) in [7, 11) is 1.67. The third kappa shape index (κ3) is 2.70. The van der Waals surface area contributed by atoms with Gasteiger partial charge in [0.25, 0.3) is 0 Å². The maximum Gasteiger partial charge on any atom is 0.122 e. The Morgan fingerprint density at radius 3 is 2.40 bits per heavy atom. The van der Waals surface area contributed by atoms with Gasteiger partial charge in [-0.25, -0.2) is 0 Å². The molecule has 1 aromatic rings. The molecule has 3 nitrogen and oxygen atoms in total. The van der Waals surface area contributed by atoms with Gasteiger partial charge in [0.1, 0.15) is 5.75 Å². The largest absolute Gasteiger partial charge is 0.496 e. The Morgan fingerprint density at radius 1 is 1.25 bits per heavy atom. The molecule has 1 atom stereocenters. The minimum Gasteiger partial charge on any atom is -0.496 e. The van der Waals surface area contributed by atoms with Crippen LogP contribution in [-0.4, -0.2) is 29.0 Å². The van der Waals surface area contributed by atoms with E-state index < -0.39 is 11.2 Å². The monoisotopic (exact) mass is 278 g/mol. The zero-order valence-electron chi connectivity index (χ0n) is 13.4. The zero-order chi connectivity index (χ0) is 15.2. The quantitative estimate of drug-likeness (QED) is 0.922. The number of aliphatic hydroxyl groups is 1. The second-order valence-corrected chi connectivity index (χ2v) is 7.07. The fourth-order valence-corrected chi connectivity index (χ4v) is 3.37. The van der Waals surface area contributed by atoms with Crippen LogP contribution in [0.1, 0.15) is 45.2 Å². The first-order chi connectivity index (χ1) is 9.09. The van der Waals surface area contributed by atoms with Gasteiger partial charge in [0.05, 0.1) is 23.9 Å². The third-order valence-corrected chi connectivity index (χ3v) is 4.29. The highest BCUT2D eigenvalue weighted by molar-refractivity contribution is 5.38. The van der Waals surface area contributed by atoms with Gasteiger partial charge in [-0.15, -0.1) is 0 Å². The molecule has 0 aliphatic carbocycles. The van der Waals surface area contributed by atoms with Crippen LogP contribution in [0.4, 0.5) is 0 Å². The molecular weight excluding hydrogens is 252 g/mol. The van der Waals surface area contributed by atoms with E-state index in [1.165, 1.54) is 5.56 Å². The minimum atomic E-state index is -0.891. The van der Waals surface area contributed by atoms with Crippen molar-refractivity contribution in [3.8, 4) is 5.75 Å². The molecule has 1 aliphatic heterocycles. The third-order valence-electron chi connectivity index (χ3n) is 4.29. The smallest absolute Gasteiger partial charge is 0.122 e. The van der Waals surface area contributed by atoms with Crippen LogP contribution in [-0.2, 0) is 11.2 Å². The van der Waals surface area contributed by atoms with Gasteiger partial charge in [0.2, 0.25) is 0 Å². The SMILES string of the molecule is COc1ccc(C)cc1CC1(O)CC(C)(C)OC1(C)C. The molecule has 20 heavy (non-hydrogen) atoms. The van der Waals surface area contributed by atoms with E-state index in [0.717, 1.165) is 11.3 Å². The molecule has 0 aromatic heterocycles. The number of rotatable bonds is 3. The fraction of sp³-hybridized carbons (Fsp3) is 0.647. The lowest BCUT2D eigenvalue weighted by Gasteiger charge is -2.35. The first kappa shape index (κ1) is 15.3. The number of hydrogen-bond donors (Lipinski definition) is 1. The van der Waals surface area contributed by atoms with Gasteiger partial charge < -0.3 is 14.6 Å². The molecule has 0 radical (unpaired) electrons. The summed E-state index contributed by atoms with van der Waals surface area (Å²) in [6, 6.07) is 6.06. The summed E-state index contributed by atoms with van der Waals surface area (Å²) >= 11 is 0. The second kappa shape index (κ2) is 4.74. The molecule has 1 aliphatic rings. The van der Waals surface area contributed by atoms with Crippen molar-refractivity contribution >= 4 is 0 Å². The predicted molar refractivity (Wildman–Crippen MR) is 80.2 cm³/mol. The van der Waals surface area contributed by atoms with Crippen molar-refractivity contribution < 1.29 is 14.6 Å². The van der Waals surface area contributed by atoms with E-state index in [-0.39, 0.29) is 5.60 Å². The Hall–Kier alpha value is -1.06. The Bertz CT molecular complexity index is 505. The highest BCUT2D eigenvalue weighted by Crippen LogP contribution is 2.47. The summed E-state index contributed by atoms with van der Waals surface area (Å²) < 4.78 is 11.5. The summed E-state index contributed by atoms with van der Waals surface area (Å²) in [6.45, 7) is 10.0. The van der Waals surface area contributed by atoms with Crippen molar-refractivity contribution in [3.05, 3.63) is 29.3 Å². The summed E-state index contributed by atoms with van der Waals surface area (Å²) in [5, 5.41) is 11.1. The van der Waals surface area contributed by atoms with Gasteiger partial charge in [0.15, 0.2) is 0 Å². The molecule has 1 unspecified atom stereocenters. The Balaban J connectivity index is 2.36. The molecule has 0 bridgehead atoms. The van der Waals surface area contributed by atoms with Gasteiger partial charge in [-0.05, 0) is 46.2 Å². The number of ether oxygens (including phenoxy) is 2. The van der Waals surface area contributed by atoms with Crippen LogP contribution in [0.2, 0.25) is 0 Å². The minimum absolute atomic E-state index is 0.310. The molecule has 0 spiro atoms. The average Bonchev–Trinajstić information content (AvgIpc) is 2.42. The summed E-state index contributed by atoms with van der Waals surface area (Å²) in [5.74, 6) is 0.824. The lowest BCUT2D eigenvalue weighted by Crippen LogP contribution is -2.48. The van der Waals surface area contributed by atoms with Crippen LogP contribution in [0.5, 0.6) is 5.75 Å². The molecule has 2 rings (SSSR count). The van der Waals surface area contributed by atoms with E-state index >= 15 is 0 Å². The van der Waals surface area contributed by atoms with Gasteiger partial charge in [-0.3, -0.25) is 0 Å². The molecule has 0 saturated carbocycles. The number of benzene rings is 1. The van der Waals surface area contributed by atoms with E-state index in [0.29, 0.717) is 12.8 Å². The van der Waals surface area contributed by atoms with Crippen LogP contribution in [0.3, 0.4) is 0 Å². The van der Waals surface area contributed by atoms with Gasteiger partial charge in [-0.1, -0.05) is 17.7 Å². The Morgan fingerprint density at radius 2 is 1.90 bits per heavy atom. The topological polar surface area (TPSA) is 38.7 Å². The normalized spacial score (nSPS) is 27.6. The Labute approximate surface area is 121 Å². The van der Waals surface area contributed by atoms with Crippen LogP contribution >= 0.6 is 0 Å². The molecule has 0 amide bonds. The summed E-state index contributed by atoms with van der Waals surface area (Å²) in [5.41, 5.74) is 0.419. The van der Waals surface area contributed by atoms with Gasteiger partial charge in [0, 0.05) is 12.8 Å². The van der Waals surface area contributed by atoms with Gasteiger partial charge in [-0.2, -0.15) is 0 Å². The van der Waals surface area contributed by atoms with Crippen molar-refractivity contribution in [3.63, 3.8) is 0 Å². The van der Waals surface area contributed by atoms with Crippen molar-refractivity contribution in [2.45, 2.75) is 64.3 Å². The maximum atomic E-state index is 11.1. The van der Waals surface area contributed by atoms with Crippen LogP contribution in [0.15, 0.2) is 18.2 Å². The van der Waals surface area contributed by atoms with E-state index in [1.54, 1.807) is 7.11 Å². The Kier molecular flexibility index (Phi) is 3.64. The van der Waals surface area contributed by atoms with E-state index in [4.69, 9.17) is 9.47 Å². The molecule has 3 heteroatoms. The molecule has 1 N–H and O–H groups in total. The molecule has 1 heterocycles. The van der Waals surface area contributed by atoms with E-state index in [2.05, 4.69) is 6.07 Å². The van der Waals surface area contributed by atoms with Crippen LogP contribution in [0, 0.1) is 6.92 Å². The first-order valence-electron chi connectivity index (χ1n) is 7.15. The number of aryl methyl sites for hydroxylation is 1. The maximum absolute atomic E-state index is 11.1. The van der Waals surface area contributed by atoms with Crippen molar-refractivity contribution in [2.24, 2.45) is 0 Å². The standard InChI is InChI=1S/C17H26O3/c1-12-7-8-14(19-6)13(9-12)10-17(18)11-15(2,3)20-16(17,4)5/h7-9,18H,10-11H2,1-6H3.